The van der Waals surface area contributed by atoms with E-state index in [1.54, 1.807) is 38.1 Å². The maximum atomic E-state index is 12.1. The molecule has 21 heavy (non-hydrogen) atoms. The first-order chi connectivity index (χ1) is 9.91. The van der Waals surface area contributed by atoms with Crippen molar-refractivity contribution < 1.29 is 19.1 Å². The van der Waals surface area contributed by atoms with Crippen molar-refractivity contribution in [2.24, 2.45) is 0 Å². The van der Waals surface area contributed by atoms with Gasteiger partial charge in [-0.05, 0) is 32.4 Å². The fourth-order valence-corrected chi connectivity index (χ4v) is 2.26. The number of benzene rings is 1. The fourth-order valence-electron chi connectivity index (χ4n) is 2.11. The molecule has 0 fully saturated rings. The van der Waals surface area contributed by atoms with E-state index < -0.39 is 11.3 Å². The zero-order chi connectivity index (χ0) is 15.6. The van der Waals surface area contributed by atoms with E-state index in [1.165, 1.54) is 0 Å². The summed E-state index contributed by atoms with van der Waals surface area (Å²) in [5.41, 5.74) is 0.775. The molecule has 1 aliphatic heterocycles. The van der Waals surface area contributed by atoms with E-state index in [9.17, 15) is 14.4 Å². The second kappa shape index (κ2) is 6.26. The molecule has 0 saturated carbocycles. The van der Waals surface area contributed by atoms with Gasteiger partial charge >= 0.3 is 5.97 Å². The number of nitrogens with zero attached hydrogens (tertiary/aromatic N) is 1. The van der Waals surface area contributed by atoms with E-state index in [-0.39, 0.29) is 30.9 Å². The standard InChI is InChI=1S/C15H16ClNO4/c1-9(2)21-15(20)12(16)7-8-17-13(18)10-5-3-4-6-11(10)14(17)19/h3-6,9,12H,7-8H2,1-2H3. The molecule has 1 aromatic rings. The molecule has 0 radical (unpaired) electrons. The number of alkyl halides is 1. The molecule has 2 rings (SSSR count). The predicted octanol–water partition coefficient (Wildman–Crippen LogP) is 2.23. The van der Waals surface area contributed by atoms with Crippen LogP contribution in [0.1, 0.15) is 41.0 Å². The van der Waals surface area contributed by atoms with Crippen LogP contribution in [0.15, 0.2) is 24.3 Å². The SMILES string of the molecule is CC(C)OC(=O)C(Cl)CCN1C(=O)c2ccccc2C1=O. The summed E-state index contributed by atoms with van der Waals surface area (Å²) in [6, 6.07) is 6.64. The molecule has 5 nitrogen and oxygen atoms in total. The lowest BCUT2D eigenvalue weighted by atomic mass is 10.1. The zero-order valence-electron chi connectivity index (χ0n) is 11.8. The molecule has 0 aromatic heterocycles. The predicted molar refractivity (Wildman–Crippen MR) is 77.3 cm³/mol. The van der Waals surface area contributed by atoms with Gasteiger partial charge < -0.3 is 4.74 Å². The molecule has 0 aliphatic carbocycles. The molecule has 0 bridgehead atoms. The highest BCUT2D eigenvalue weighted by atomic mass is 35.5. The van der Waals surface area contributed by atoms with Crippen molar-refractivity contribution in [3.05, 3.63) is 35.4 Å². The third-order valence-electron chi connectivity index (χ3n) is 3.09. The molecule has 1 aliphatic rings. The van der Waals surface area contributed by atoms with E-state index in [0.29, 0.717) is 11.1 Å². The van der Waals surface area contributed by atoms with Crippen LogP contribution in [0.25, 0.3) is 0 Å². The minimum absolute atomic E-state index is 0.0910. The van der Waals surface area contributed by atoms with Crippen molar-refractivity contribution in [3.63, 3.8) is 0 Å². The van der Waals surface area contributed by atoms with Crippen LogP contribution in [0.2, 0.25) is 0 Å². The molecular weight excluding hydrogens is 294 g/mol. The van der Waals surface area contributed by atoms with Gasteiger partial charge in [0.2, 0.25) is 0 Å². The number of carbonyl (C=O) groups is 3. The van der Waals surface area contributed by atoms with Gasteiger partial charge in [0.25, 0.3) is 11.8 Å². The quantitative estimate of drug-likeness (QED) is 0.475. The van der Waals surface area contributed by atoms with Crippen molar-refractivity contribution in [1.82, 2.24) is 4.90 Å². The fraction of sp³-hybridized carbons (Fsp3) is 0.400. The lowest BCUT2D eigenvalue weighted by Gasteiger charge is -2.16. The van der Waals surface area contributed by atoms with Crippen molar-refractivity contribution >= 4 is 29.4 Å². The zero-order valence-corrected chi connectivity index (χ0v) is 12.6. The molecule has 0 N–H and O–H groups in total. The summed E-state index contributed by atoms with van der Waals surface area (Å²) in [6.07, 6.45) is -0.0865. The number of halogens is 1. The minimum atomic E-state index is -0.878. The number of carbonyl (C=O) groups excluding carboxylic acids is 3. The maximum absolute atomic E-state index is 12.1. The highest BCUT2D eigenvalue weighted by Crippen LogP contribution is 2.23. The second-order valence-corrected chi connectivity index (χ2v) is 5.58. The Balaban J connectivity index is 1.98. The Morgan fingerprint density at radius 2 is 1.71 bits per heavy atom. The van der Waals surface area contributed by atoms with Gasteiger partial charge in [-0.1, -0.05) is 12.1 Å². The smallest absolute Gasteiger partial charge is 0.324 e. The molecule has 2 amide bonds. The van der Waals surface area contributed by atoms with E-state index in [0.717, 1.165) is 4.90 Å². The number of fused-ring (bicyclic) bond motifs is 1. The molecule has 112 valence electrons. The second-order valence-electron chi connectivity index (χ2n) is 5.05. The molecule has 6 heteroatoms. The van der Waals surface area contributed by atoms with Gasteiger partial charge in [-0.25, -0.2) is 0 Å². The average molecular weight is 310 g/mol. The molecule has 1 unspecified atom stereocenters. The molecule has 1 aromatic carbocycles. The summed E-state index contributed by atoms with van der Waals surface area (Å²) < 4.78 is 4.98. The third kappa shape index (κ3) is 3.24. The number of imide groups is 1. The molecule has 0 spiro atoms. The number of esters is 1. The van der Waals surface area contributed by atoms with Gasteiger partial charge in [-0.3, -0.25) is 19.3 Å². The van der Waals surface area contributed by atoms with Gasteiger partial charge in [-0.15, -0.1) is 11.6 Å². The number of rotatable bonds is 5. The number of amides is 2. The summed E-state index contributed by atoms with van der Waals surface area (Å²) >= 11 is 5.94. The van der Waals surface area contributed by atoms with Crippen LogP contribution in [-0.2, 0) is 9.53 Å². The Kier molecular flexibility index (Phi) is 4.63. The maximum Gasteiger partial charge on any atom is 0.324 e. The van der Waals surface area contributed by atoms with E-state index >= 15 is 0 Å². The van der Waals surface area contributed by atoms with Crippen LogP contribution >= 0.6 is 11.6 Å². The van der Waals surface area contributed by atoms with E-state index in [4.69, 9.17) is 16.3 Å². The highest BCUT2D eigenvalue weighted by Gasteiger charge is 2.35. The molecule has 1 atom stereocenters. The summed E-state index contributed by atoms with van der Waals surface area (Å²) in [7, 11) is 0. The lowest BCUT2D eigenvalue weighted by Crippen LogP contribution is -2.33. The Morgan fingerprint density at radius 3 is 2.19 bits per heavy atom. The van der Waals surface area contributed by atoms with E-state index in [2.05, 4.69) is 0 Å². The van der Waals surface area contributed by atoms with Crippen LogP contribution in [0.3, 0.4) is 0 Å². The lowest BCUT2D eigenvalue weighted by molar-refractivity contribution is -0.147. The Morgan fingerprint density at radius 1 is 1.19 bits per heavy atom. The summed E-state index contributed by atoms with van der Waals surface area (Å²) in [4.78, 5) is 36.9. The van der Waals surface area contributed by atoms with Gasteiger partial charge in [0, 0.05) is 6.54 Å². The monoisotopic (exact) mass is 309 g/mol. The van der Waals surface area contributed by atoms with Crippen molar-refractivity contribution in [2.75, 3.05) is 6.54 Å². The van der Waals surface area contributed by atoms with Crippen molar-refractivity contribution in [3.8, 4) is 0 Å². The van der Waals surface area contributed by atoms with Crippen LogP contribution in [0.5, 0.6) is 0 Å². The van der Waals surface area contributed by atoms with Crippen molar-refractivity contribution in [2.45, 2.75) is 31.7 Å². The average Bonchev–Trinajstić information content (AvgIpc) is 2.68. The van der Waals surface area contributed by atoms with Gasteiger partial charge in [0.05, 0.1) is 17.2 Å². The van der Waals surface area contributed by atoms with Crippen LogP contribution < -0.4 is 0 Å². The van der Waals surface area contributed by atoms with Crippen LogP contribution in [0, 0.1) is 0 Å². The van der Waals surface area contributed by atoms with Crippen molar-refractivity contribution in [1.29, 1.82) is 0 Å². The molecule has 0 saturated heterocycles. The van der Waals surface area contributed by atoms with Crippen LogP contribution in [0.4, 0.5) is 0 Å². The summed E-state index contributed by atoms with van der Waals surface area (Å²) in [5, 5.41) is -0.878. The Bertz CT molecular complexity index is 550. The normalized spacial score (nSPS) is 15.3. The van der Waals surface area contributed by atoms with Gasteiger partial charge in [0.15, 0.2) is 0 Å². The summed E-state index contributed by atoms with van der Waals surface area (Å²) in [5.74, 6) is -1.24. The van der Waals surface area contributed by atoms with Crippen LogP contribution in [-0.4, -0.2) is 40.7 Å². The first-order valence-corrected chi connectivity index (χ1v) is 7.15. The summed E-state index contributed by atoms with van der Waals surface area (Å²) in [6.45, 7) is 3.55. The van der Waals surface area contributed by atoms with Gasteiger partial charge in [-0.2, -0.15) is 0 Å². The number of hydrogen-bond donors (Lipinski definition) is 0. The Hall–Kier alpha value is -1.88. The third-order valence-corrected chi connectivity index (χ3v) is 3.49. The molecule has 1 heterocycles. The minimum Gasteiger partial charge on any atom is -0.462 e. The highest BCUT2D eigenvalue weighted by molar-refractivity contribution is 6.30. The number of ether oxygens (including phenoxy) is 1. The molecular formula is C15H16ClNO4. The first kappa shape index (κ1) is 15.5. The first-order valence-electron chi connectivity index (χ1n) is 6.71. The Labute approximate surface area is 127 Å². The van der Waals surface area contributed by atoms with E-state index in [1.807, 2.05) is 0 Å². The largest absolute Gasteiger partial charge is 0.462 e. The topological polar surface area (TPSA) is 63.7 Å². The number of hydrogen-bond acceptors (Lipinski definition) is 4. The van der Waals surface area contributed by atoms with Gasteiger partial charge in [0.1, 0.15) is 5.38 Å².